The first-order valence-electron chi connectivity index (χ1n) is 10.7. The van der Waals surface area contributed by atoms with Crippen LogP contribution in [0.15, 0.2) is 52.3 Å². The van der Waals surface area contributed by atoms with Gasteiger partial charge >= 0.3 is 0 Å². The Balaban J connectivity index is 1.39. The molecule has 2 heterocycles. The Hall–Kier alpha value is -1.74. The minimum absolute atomic E-state index is 0.287. The number of hydrogen-bond donors (Lipinski definition) is 0. The minimum atomic E-state index is -3.62. The van der Waals surface area contributed by atoms with E-state index in [0.717, 1.165) is 48.7 Å². The largest absolute Gasteiger partial charge is 0.493 e. The Labute approximate surface area is 188 Å². The van der Waals surface area contributed by atoms with Gasteiger partial charge in [-0.05, 0) is 44.0 Å². The quantitative estimate of drug-likeness (QED) is 0.545. The fourth-order valence-electron chi connectivity index (χ4n) is 3.69. The third-order valence-electron chi connectivity index (χ3n) is 5.44. The summed E-state index contributed by atoms with van der Waals surface area (Å²) in [5, 5.41) is 0. The highest BCUT2D eigenvalue weighted by Crippen LogP contribution is 2.40. The number of aryl methyl sites for hydroxylation is 1. The molecule has 0 amide bonds. The molecule has 1 fully saturated rings. The van der Waals surface area contributed by atoms with Crippen molar-refractivity contribution in [1.29, 1.82) is 0 Å². The summed E-state index contributed by atoms with van der Waals surface area (Å²) in [5.41, 5.74) is 1.72. The first kappa shape index (κ1) is 22.5. The van der Waals surface area contributed by atoms with Gasteiger partial charge in [0.1, 0.15) is 5.75 Å². The van der Waals surface area contributed by atoms with Crippen LogP contribution in [0.4, 0.5) is 5.69 Å². The normalized spacial score (nSPS) is 17.4. The molecule has 0 spiro atoms. The van der Waals surface area contributed by atoms with Crippen molar-refractivity contribution < 1.29 is 22.6 Å². The van der Waals surface area contributed by atoms with Crippen molar-refractivity contribution >= 4 is 27.5 Å². The molecule has 4 rings (SSSR count). The number of ether oxygens (including phenoxy) is 3. The molecule has 0 saturated carbocycles. The Kier molecular flexibility index (Phi) is 7.43. The Morgan fingerprint density at radius 3 is 2.65 bits per heavy atom. The summed E-state index contributed by atoms with van der Waals surface area (Å²) in [6.45, 7) is 5.11. The highest BCUT2D eigenvalue weighted by molar-refractivity contribution is 8.00. The van der Waals surface area contributed by atoms with Crippen LogP contribution >= 0.6 is 11.8 Å². The van der Waals surface area contributed by atoms with Crippen molar-refractivity contribution in [2.45, 2.75) is 42.1 Å². The van der Waals surface area contributed by atoms with Crippen LogP contribution in [-0.4, -0.2) is 53.2 Å². The average molecular weight is 464 g/mol. The topological polar surface area (TPSA) is 65.1 Å². The molecule has 1 saturated heterocycles. The predicted molar refractivity (Wildman–Crippen MR) is 123 cm³/mol. The van der Waals surface area contributed by atoms with E-state index in [1.54, 1.807) is 23.9 Å². The third kappa shape index (κ3) is 5.55. The van der Waals surface area contributed by atoms with Crippen LogP contribution < -0.4 is 9.04 Å². The summed E-state index contributed by atoms with van der Waals surface area (Å²) < 4.78 is 45.2. The van der Waals surface area contributed by atoms with Crippen molar-refractivity contribution in [1.82, 2.24) is 0 Å². The second-order valence-electron chi connectivity index (χ2n) is 7.75. The zero-order chi connectivity index (χ0) is 21.7. The number of hydrogen-bond acceptors (Lipinski definition) is 6. The average Bonchev–Trinajstić information content (AvgIpc) is 2.79. The lowest BCUT2D eigenvalue weighted by Crippen LogP contribution is -2.35. The van der Waals surface area contributed by atoms with E-state index in [9.17, 15) is 8.42 Å². The van der Waals surface area contributed by atoms with E-state index in [1.807, 2.05) is 37.3 Å². The molecule has 168 valence electrons. The van der Waals surface area contributed by atoms with E-state index in [0.29, 0.717) is 36.1 Å². The summed E-state index contributed by atoms with van der Waals surface area (Å²) in [5.74, 6) is 1.40. The summed E-state index contributed by atoms with van der Waals surface area (Å²) >= 11 is 1.67. The molecule has 0 aromatic heterocycles. The van der Waals surface area contributed by atoms with Crippen molar-refractivity contribution in [3.63, 3.8) is 0 Å². The van der Waals surface area contributed by atoms with E-state index in [1.165, 1.54) is 4.31 Å². The number of nitrogens with zero attached hydrogens (tertiary/aromatic N) is 1. The lowest BCUT2D eigenvalue weighted by Gasteiger charge is -2.30. The molecule has 0 radical (unpaired) electrons. The standard InChI is InChI=1S/C23H29NO5S2/c1-18-3-6-21(7-4-18)31(25,26)24-11-16-30-23-8-5-20(17-22(23)24)29-13-2-12-28-19-9-14-27-15-10-19/h3-8,17,19H,2,9-16H2,1H3. The highest BCUT2D eigenvalue weighted by Gasteiger charge is 2.29. The molecular formula is C23H29NO5S2. The van der Waals surface area contributed by atoms with Crippen LogP contribution in [-0.2, 0) is 19.5 Å². The highest BCUT2D eigenvalue weighted by atomic mass is 32.2. The summed E-state index contributed by atoms with van der Waals surface area (Å²) in [7, 11) is -3.62. The second-order valence-corrected chi connectivity index (χ2v) is 10.8. The first-order valence-corrected chi connectivity index (χ1v) is 13.1. The number of sulfonamides is 1. The number of rotatable bonds is 8. The molecule has 0 atom stereocenters. The van der Waals surface area contributed by atoms with Crippen LogP contribution in [0, 0.1) is 6.92 Å². The maximum atomic E-state index is 13.3. The van der Waals surface area contributed by atoms with Crippen molar-refractivity contribution in [2.24, 2.45) is 0 Å². The smallest absolute Gasteiger partial charge is 0.264 e. The molecule has 2 aliphatic rings. The molecule has 0 N–H and O–H groups in total. The molecule has 2 aliphatic heterocycles. The van der Waals surface area contributed by atoms with Gasteiger partial charge in [0, 0.05) is 42.9 Å². The predicted octanol–water partition coefficient (Wildman–Crippen LogP) is 4.26. The maximum absolute atomic E-state index is 13.3. The maximum Gasteiger partial charge on any atom is 0.264 e. The fourth-order valence-corrected chi connectivity index (χ4v) is 6.32. The zero-order valence-corrected chi connectivity index (χ0v) is 19.4. The van der Waals surface area contributed by atoms with Gasteiger partial charge in [-0.25, -0.2) is 8.42 Å². The lowest BCUT2D eigenvalue weighted by molar-refractivity contribution is -0.0341. The SMILES string of the molecule is Cc1ccc(S(=O)(=O)N2CCSc3ccc(OCCCOC4CCOCC4)cc32)cc1. The molecule has 0 bridgehead atoms. The molecule has 6 nitrogen and oxygen atoms in total. The number of fused-ring (bicyclic) bond motifs is 1. The van der Waals surface area contributed by atoms with E-state index in [4.69, 9.17) is 14.2 Å². The van der Waals surface area contributed by atoms with Gasteiger partial charge < -0.3 is 14.2 Å². The first-order chi connectivity index (χ1) is 15.0. The third-order valence-corrected chi connectivity index (χ3v) is 8.31. The van der Waals surface area contributed by atoms with E-state index in [-0.39, 0.29) is 6.10 Å². The number of anilines is 1. The zero-order valence-electron chi connectivity index (χ0n) is 17.8. The number of thioether (sulfide) groups is 1. The van der Waals surface area contributed by atoms with Crippen molar-refractivity contribution in [3.05, 3.63) is 48.0 Å². The number of benzene rings is 2. The van der Waals surface area contributed by atoms with Gasteiger partial charge in [0.05, 0.1) is 29.9 Å². The van der Waals surface area contributed by atoms with Gasteiger partial charge in [0.25, 0.3) is 10.0 Å². The Morgan fingerprint density at radius 1 is 1.10 bits per heavy atom. The molecule has 2 aromatic rings. The lowest BCUT2D eigenvalue weighted by atomic mass is 10.1. The van der Waals surface area contributed by atoms with Gasteiger partial charge in [-0.1, -0.05) is 17.7 Å². The van der Waals surface area contributed by atoms with E-state index in [2.05, 4.69) is 0 Å². The van der Waals surface area contributed by atoms with Gasteiger partial charge in [-0.2, -0.15) is 0 Å². The van der Waals surface area contributed by atoms with Crippen LogP contribution in [0.5, 0.6) is 5.75 Å². The van der Waals surface area contributed by atoms with Crippen LogP contribution in [0.2, 0.25) is 0 Å². The molecule has 0 unspecified atom stereocenters. The molecule has 8 heteroatoms. The van der Waals surface area contributed by atoms with E-state index < -0.39 is 10.0 Å². The molecular weight excluding hydrogens is 434 g/mol. The molecule has 2 aromatic carbocycles. The monoisotopic (exact) mass is 463 g/mol. The fraction of sp³-hybridized carbons (Fsp3) is 0.478. The summed E-state index contributed by atoms with van der Waals surface area (Å²) in [6.07, 6.45) is 2.98. The molecule has 0 aliphatic carbocycles. The Bertz CT molecular complexity index is 972. The Morgan fingerprint density at radius 2 is 1.87 bits per heavy atom. The summed E-state index contributed by atoms with van der Waals surface area (Å²) in [6, 6.07) is 12.7. The minimum Gasteiger partial charge on any atom is -0.493 e. The molecule has 31 heavy (non-hydrogen) atoms. The summed E-state index contributed by atoms with van der Waals surface area (Å²) in [4.78, 5) is 1.27. The second kappa shape index (κ2) is 10.3. The van der Waals surface area contributed by atoms with Gasteiger partial charge in [0.2, 0.25) is 0 Å². The van der Waals surface area contributed by atoms with Gasteiger partial charge in [0.15, 0.2) is 0 Å². The van der Waals surface area contributed by atoms with Crippen LogP contribution in [0.3, 0.4) is 0 Å². The van der Waals surface area contributed by atoms with Crippen LogP contribution in [0.1, 0.15) is 24.8 Å². The van der Waals surface area contributed by atoms with Crippen molar-refractivity contribution in [2.75, 3.05) is 43.0 Å². The van der Waals surface area contributed by atoms with E-state index >= 15 is 0 Å². The van der Waals surface area contributed by atoms with Gasteiger partial charge in [-0.15, -0.1) is 11.8 Å². The van der Waals surface area contributed by atoms with Crippen LogP contribution in [0.25, 0.3) is 0 Å². The van der Waals surface area contributed by atoms with Crippen molar-refractivity contribution in [3.8, 4) is 5.75 Å². The van der Waals surface area contributed by atoms with Gasteiger partial charge in [-0.3, -0.25) is 4.31 Å².